The highest BCUT2D eigenvalue weighted by Gasteiger charge is 2.24. The number of aliphatic hydroxyl groups is 1. The lowest BCUT2D eigenvalue weighted by atomic mass is 10.1. The molecule has 25 heavy (non-hydrogen) atoms. The Morgan fingerprint density at radius 2 is 1.72 bits per heavy atom. The van der Waals surface area contributed by atoms with Crippen LogP contribution in [0.5, 0.6) is 0 Å². The third kappa shape index (κ3) is 4.56. The van der Waals surface area contributed by atoms with Crippen molar-refractivity contribution < 1.29 is 29.0 Å². The molecular weight excluding hydrogens is 328 g/mol. The van der Waals surface area contributed by atoms with Crippen LogP contribution < -0.4 is 0 Å². The topological polar surface area (TPSA) is 130 Å². The van der Waals surface area contributed by atoms with Gasteiger partial charge in [-0.15, -0.1) is 0 Å². The molecule has 0 aliphatic rings. The lowest BCUT2D eigenvalue weighted by Gasteiger charge is -2.08. The third-order valence-corrected chi connectivity index (χ3v) is 3.48. The van der Waals surface area contributed by atoms with Crippen LogP contribution in [0, 0.1) is 19.3 Å². The van der Waals surface area contributed by atoms with Gasteiger partial charge in [0.2, 0.25) is 0 Å². The number of hydrogen-bond acceptors (Lipinski definition) is 7. The predicted octanol–water partition coefficient (Wildman–Crippen LogP) is 2.41. The molecule has 1 rings (SSSR count). The van der Waals surface area contributed by atoms with Crippen molar-refractivity contribution in [3.05, 3.63) is 33.8 Å². The van der Waals surface area contributed by atoms with E-state index >= 15 is 0 Å². The summed E-state index contributed by atoms with van der Waals surface area (Å²) in [4.78, 5) is 38.3. The first-order chi connectivity index (χ1) is 11.6. The Hall–Kier alpha value is -2.90. The lowest BCUT2D eigenvalue weighted by Crippen LogP contribution is -2.15. The molecule has 0 fully saturated rings. The second-order valence-electron chi connectivity index (χ2n) is 5.42. The predicted molar refractivity (Wildman–Crippen MR) is 90.2 cm³/mol. The maximum absolute atomic E-state index is 12.2. The zero-order chi connectivity index (χ0) is 19.3. The number of allylic oxidation sites excluding steroid dienone is 1. The molecular formula is C17H22N2O6. The number of Topliss-reactive ketones (excluding diaryl/α,β-unsaturated/α-hetero) is 1. The summed E-state index contributed by atoms with van der Waals surface area (Å²) >= 11 is 0. The van der Waals surface area contributed by atoms with E-state index in [-0.39, 0.29) is 29.1 Å². The Morgan fingerprint density at radius 3 is 2.20 bits per heavy atom. The first-order valence-electron chi connectivity index (χ1n) is 7.63. The molecule has 0 atom stereocenters. The van der Waals surface area contributed by atoms with Crippen molar-refractivity contribution in [3.8, 4) is 0 Å². The summed E-state index contributed by atoms with van der Waals surface area (Å²) in [6.07, 6.45) is 0. The SMILES string of the molecule is CCOC(=O)c1c(C)[nH]c(C(=O)OC/C(O)=C(\C(C)=N)C(C)=O)c1C. The van der Waals surface area contributed by atoms with Crippen LogP contribution in [0.4, 0.5) is 0 Å². The maximum Gasteiger partial charge on any atom is 0.355 e. The van der Waals surface area contributed by atoms with Crippen LogP contribution in [0.15, 0.2) is 11.3 Å². The summed E-state index contributed by atoms with van der Waals surface area (Å²) in [5.74, 6) is -2.35. The zero-order valence-electron chi connectivity index (χ0n) is 14.9. The molecule has 1 heterocycles. The van der Waals surface area contributed by atoms with Crippen LogP contribution in [-0.2, 0) is 14.3 Å². The number of carbonyl (C=O) groups excluding carboxylic acids is 3. The summed E-state index contributed by atoms with van der Waals surface area (Å²) in [6.45, 7) is 7.07. The van der Waals surface area contributed by atoms with Gasteiger partial charge < -0.3 is 25.0 Å². The van der Waals surface area contributed by atoms with E-state index in [2.05, 4.69) is 4.98 Å². The molecule has 0 spiro atoms. The molecule has 0 radical (unpaired) electrons. The van der Waals surface area contributed by atoms with Gasteiger partial charge in [-0.05, 0) is 40.2 Å². The Balaban J connectivity index is 3.01. The van der Waals surface area contributed by atoms with E-state index in [4.69, 9.17) is 14.9 Å². The number of rotatable bonds is 7. The Morgan fingerprint density at radius 1 is 1.12 bits per heavy atom. The zero-order valence-corrected chi connectivity index (χ0v) is 14.9. The van der Waals surface area contributed by atoms with Crippen LogP contribution in [-0.4, -0.2) is 46.7 Å². The molecule has 8 heteroatoms. The molecule has 136 valence electrons. The highest BCUT2D eigenvalue weighted by molar-refractivity contribution is 6.20. The average molecular weight is 350 g/mol. The molecule has 1 aromatic rings. The Labute approximate surface area is 145 Å². The van der Waals surface area contributed by atoms with E-state index < -0.39 is 30.1 Å². The molecule has 0 aromatic carbocycles. The molecule has 0 aliphatic heterocycles. The largest absolute Gasteiger partial charge is 0.508 e. The van der Waals surface area contributed by atoms with Crippen molar-refractivity contribution in [1.82, 2.24) is 4.98 Å². The van der Waals surface area contributed by atoms with Gasteiger partial charge in [0.25, 0.3) is 0 Å². The van der Waals surface area contributed by atoms with Gasteiger partial charge in [0.15, 0.2) is 5.78 Å². The second-order valence-corrected chi connectivity index (χ2v) is 5.42. The quantitative estimate of drug-likeness (QED) is 0.300. The van der Waals surface area contributed by atoms with Gasteiger partial charge in [0.1, 0.15) is 18.1 Å². The number of aromatic nitrogens is 1. The number of esters is 2. The van der Waals surface area contributed by atoms with Gasteiger partial charge in [-0.2, -0.15) is 0 Å². The van der Waals surface area contributed by atoms with Crippen LogP contribution in [0.25, 0.3) is 0 Å². The number of H-pyrrole nitrogens is 1. The van der Waals surface area contributed by atoms with E-state index in [1.165, 1.54) is 13.8 Å². The minimum atomic E-state index is -0.798. The van der Waals surface area contributed by atoms with Crippen molar-refractivity contribution in [3.63, 3.8) is 0 Å². The van der Waals surface area contributed by atoms with Gasteiger partial charge >= 0.3 is 11.9 Å². The molecule has 0 aliphatic carbocycles. The van der Waals surface area contributed by atoms with Gasteiger partial charge in [-0.25, -0.2) is 9.59 Å². The van der Waals surface area contributed by atoms with E-state index in [0.29, 0.717) is 11.3 Å². The first-order valence-corrected chi connectivity index (χ1v) is 7.63. The van der Waals surface area contributed by atoms with Gasteiger partial charge in [0, 0.05) is 11.4 Å². The molecule has 8 nitrogen and oxygen atoms in total. The fourth-order valence-corrected chi connectivity index (χ4v) is 2.43. The van der Waals surface area contributed by atoms with Gasteiger partial charge in [-0.3, -0.25) is 4.79 Å². The summed E-state index contributed by atoms with van der Waals surface area (Å²) in [6, 6.07) is 0. The van der Waals surface area contributed by atoms with Crippen molar-refractivity contribution >= 4 is 23.4 Å². The summed E-state index contributed by atoms with van der Waals surface area (Å²) in [7, 11) is 0. The normalized spacial score (nSPS) is 11.6. The van der Waals surface area contributed by atoms with Crippen molar-refractivity contribution in [2.45, 2.75) is 34.6 Å². The molecule has 0 amide bonds. The minimum Gasteiger partial charge on any atom is -0.508 e. The third-order valence-electron chi connectivity index (χ3n) is 3.48. The molecule has 1 aromatic heterocycles. The summed E-state index contributed by atoms with van der Waals surface area (Å²) < 4.78 is 9.93. The highest BCUT2D eigenvalue weighted by Crippen LogP contribution is 2.20. The molecule has 0 bridgehead atoms. The van der Waals surface area contributed by atoms with Crippen molar-refractivity contribution in [1.29, 1.82) is 5.41 Å². The van der Waals surface area contributed by atoms with Crippen LogP contribution in [0.2, 0.25) is 0 Å². The van der Waals surface area contributed by atoms with Crippen LogP contribution in [0.3, 0.4) is 0 Å². The Bertz CT molecular complexity index is 741. The second kappa shape index (κ2) is 8.27. The maximum atomic E-state index is 12.2. The van der Waals surface area contributed by atoms with E-state index in [9.17, 15) is 19.5 Å². The monoisotopic (exact) mass is 350 g/mol. The Kier molecular flexibility index (Phi) is 6.67. The number of ether oxygens (including phenoxy) is 2. The fraction of sp³-hybridized carbons (Fsp3) is 0.412. The average Bonchev–Trinajstić information content (AvgIpc) is 2.79. The van der Waals surface area contributed by atoms with E-state index in [1.807, 2.05) is 0 Å². The molecule has 3 N–H and O–H groups in total. The number of aliphatic hydroxyl groups excluding tert-OH is 1. The van der Waals surface area contributed by atoms with Crippen molar-refractivity contribution in [2.24, 2.45) is 0 Å². The number of aryl methyl sites for hydroxylation is 1. The lowest BCUT2D eigenvalue weighted by molar-refractivity contribution is -0.113. The van der Waals surface area contributed by atoms with Crippen LogP contribution >= 0.6 is 0 Å². The smallest absolute Gasteiger partial charge is 0.355 e. The summed E-state index contributed by atoms with van der Waals surface area (Å²) in [5, 5.41) is 17.4. The van der Waals surface area contributed by atoms with Gasteiger partial charge in [-0.1, -0.05) is 0 Å². The number of aromatic amines is 1. The van der Waals surface area contributed by atoms with E-state index in [0.717, 1.165) is 0 Å². The van der Waals surface area contributed by atoms with Crippen molar-refractivity contribution in [2.75, 3.05) is 13.2 Å². The molecule has 0 saturated carbocycles. The molecule has 0 unspecified atom stereocenters. The standard InChI is InChI=1S/C17H22N2O6/c1-6-24-16(22)13-8(2)15(19-10(13)4)17(23)25-7-12(21)14(9(3)18)11(5)20/h18-19,21H,6-7H2,1-5H3/b14-12-,18-9?. The first kappa shape index (κ1) is 20.1. The van der Waals surface area contributed by atoms with Crippen LogP contribution in [0.1, 0.15) is 52.9 Å². The number of nitrogens with one attached hydrogen (secondary N) is 2. The number of ketones is 1. The summed E-state index contributed by atoms with van der Waals surface area (Å²) in [5.41, 5.74) is 0.830. The van der Waals surface area contributed by atoms with Gasteiger partial charge in [0.05, 0.1) is 17.7 Å². The minimum absolute atomic E-state index is 0.0595. The molecule has 0 saturated heterocycles. The van der Waals surface area contributed by atoms with E-state index in [1.54, 1.807) is 20.8 Å². The fourth-order valence-electron chi connectivity index (χ4n) is 2.43. The highest BCUT2D eigenvalue weighted by atomic mass is 16.5. The number of carbonyl (C=O) groups is 3. The number of hydrogen-bond donors (Lipinski definition) is 3.